The topological polar surface area (TPSA) is 82.2 Å². The minimum Gasteiger partial charge on any atom is -0.480 e. The molecule has 0 fully saturated rings. The van der Waals surface area contributed by atoms with Gasteiger partial charge in [0.15, 0.2) is 5.78 Å². The molecule has 1 unspecified atom stereocenters. The summed E-state index contributed by atoms with van der Waals surface area (Å²) in [4.78, 5) is 28.1. The van der Waals surface area contributed by atoms with Gasteiger partial charge in [0.05, 0.1) is 0 Å². The van der Waals surface area contributed by atoms with Crippen molar-refractivity contribution in [1.82, 2.24) is 10.3 Å². The average molecular weight is 459 g/mol. The van der Waals surface area contributed by atoms with Crippen molar-refractivity contribution in [2.24, 2.45) is 5.92 Å². The maximum absolute atomic E-state index is 13.1. The molecule has 0 spiro atoms. The van der Waals surface area contributed by atoms with E-state index in [1.807, 2.05) is 85.1 Å². The minimum atomic E-state index is -0.946. The summed E-state index contributed by atoms with van der Waals surface area (Å²) in [7, 11) is 0. The summed E-state index contributed by atoms with van der Waals surface area (Å²) in [6, 6.07) is 24.5. The van der Waals surface area contributed by atoms with Gasteiger partial charge in [-0.05, 0) is 22.8 Å². The Bertz CT molecular complexity index is 1240. The highest BCUT2D eigenvalue weighted by molar-refractivity contribution is 7.80. The van der Waals surface area contributed by atoms with Crippen molar-refractivity contribution in [2.75, 3.05) is 12.3 Å². The molecule has 0 saturated heterocycles. The fourth-order valence-corrected chi connectivity index (χ4v) is 4.28. The molecule has 4 rings (SSSR count). The Morgan fingerprint density at radius 3 is 2.27 bits per heavy atom. The van der Waals surface area contributed by atoms with E-state index in [1.165, 1.54) is 0 Å². The molecule has 0 aliphatic heterocycles. The first-order chi connectivity index (χ1) is 16.1. The van der Waals surface area contributed by atoms with Gasteiger partial charge in [-0.1, -0.05) is 72.8 Å². The summed E-state index contributed by atoms with van der Waals surface area (Å²) in [5.74, 6) is -1.10. The van der Waals surface area contributed by atoms with E-state index in [2.05, 4.69) is 22.9 Å². The maximum atomic E-state index is 13.1. The van der Waals surface area contributed by atoms with Gasteiger partial charge in [-0.2, -0.15) is 12.6 Å². The molecule has 168 valence electrons. The third-order valence-electron chi connectivity index (χ3n) is 5.88. The van der Waals surface area contributed by atoms with Crippen LogP contribution in [0.25, 0.3) is 22.0 Å². The van der Waals surface area contributed by atoms with E-state index in [4.69, 9.17) is 0 Å². The number of hydrogen-bond acceptors (Lipinski definition) is 4. The van der Waals surface area contributed by atoms with E-state index >= 15 is 0 Å². The zero-order chi connectivity index (χ0) is 23.2. The smallest absolute Gasteiger partial charge is 0.321 e. The van der Waals surface area contributed by atoms with Crippen molar-refractivity contribution in [1.29, 1.82) is 0 Å². The quantitative estimate of drug-likeness (QED) is 0.202. The van der Waals surface area contributed by atoms with Crippen molar-refractivity contribution < 1.29 is 14.7 Å². The molecule has 0 radical (unpaired) electrons. The van der Waals surface area contributed by atoms with Gasteiger partial charge < -0.3 is 15.4 Å². The first-order valence-corrected chi connectivity index (χ1v) is 11.5. The SMILES string of the molecule is O=C(c1ccc(-c2ccccc2)cc1)C(CS)CN[C@@H](Cc1c[nH]c2ccccc12)C(=O)O. The lowest BCUT2D eigenvalue weighted by Gasteiger charge is -2.19. The second-order valence-electron chi connectivity index (χ2n) is 8.05. The molecule has 0 amide bonds. The van der Waals surface area contributed by atoms with Crippen LogP contribution >= 0.6 is 12.6 Å². The number of ketones is 1. The minimum absolute atomic E-state index is 0.0478. The zero-order valence-corrected chi connectivity index (χ0v) is 19.0. The van der Waals surface area contributed by atoms with Crippen molar-refractivity contribution in [3.63, 3.8) is 0 Å². The number of carbonyl (C=O) groups is 2. The summed E-state index contributed by atoms with van der Waals surface area (Å²) >= 11 is 4.36. The van der Waals surface area contributed by atoms with E-state index in [9.17, 15) is 14.7 Å². The van der Waals surface area contributed by atoms with E-state index in [0.29, 0.717) is 17.7 Å². The predicted molar refractivity (Wildman–Crippen MR) is 135 cm³/mol. The number of para-hydroxylation sites is 1. The van der Waals surface area contributed by atoms with Crippen LogP contribution in [0.5, 0.6) is 0 Å². The predicted octanol–water partition coefficient (Wildman–Crippen LogP) is 4.85. The number of hydrogen-bond donors (Lipinski definition) is 4. The van der Waals surface area contributed by atoms with Gasteiger partial charge in [-0.15, -0.1) is 0 Å². The van der Waals surface area contributed by atoms with Crippen LogP contribution in [0.3, 0.4) is 0 Å². The van der Waals surface area contributed by atoms with Crippen LogP contribution in [0, 0.1) is 5.92 Å². The summed E-state index contributed by atoms with van der Waals surface area (Å²) in [5.41, 5.74) is 4.62. The fourth-order valence-electron chi connectivity index (χ4n) is 3.99. The van der Waals surface area contributed by atoms with Crippen LogP contribution in [0.4, 0.5) is 0 Å². The molecule has 33 heavy (non-hydrogen) atoms. The molecular weight excluding hydrogens is 432 g/mol. The third-order valence-corrected chi connectivity index (χ3v) is 6.32. The third kappa shape index (κ3) is 5.35. The summed E-state index contributed by atoms with van der Waals surface area (Å²) < 4.78 is 0. The molecule has 1 heterocycles. The largest absolute Gasteiger partial charge is 0.480 e. The molecule has 3 N–H and O–H groups in total. The van der Waals surface area contributed by atoms with Crippen molar-refractivity contribution in [3.05, 3.63) is 96.2 Å². The number of rotatable bonds is 10. The average Bonchev–Trinajstić information content (AvgIpc) is 3.27. The normalized spacial score (nSPS) is 13.0. The van der Waals surface area contributed by atoms with Crippen molar-refractivity contribution in [2.45, 2.75) is 12.5 Å². The molecule has 3 aromatic carbocycles. The number of benzene rings is 3. The first-order valence-electron chi connectivity index (χ1n) is 10.9. The molecule has 0 saturated carbocycles. The summed E-state index contributed by atoms with van der Waals surface area (Å²) in [6.45, 7) is 0.238. The summed E-state index contributed by atoms with van der Waals surface area (Å²) in [6.07, 6.45) is 2.16. The molecule has 0 aliphatic carbocycles. The molecule has 6 heteroatoms. The van der Waals surface area contributed by atoms with Crippen LogP contribution in [0.15, 0.2) is 85.1 Å². The van der Waals surface area contributed by atoms with Crippen LogP contribution in [0.1, 0.15) is 15.9 Å². The highest BCUT2D eigenvalue weighted by Crippen LogP contribution is 2.22. The Balaban J connectivity index is 1.42. The maximum Gasteiger partial charge on any atom is 0.321 e. The van der Waals surface area contributed by atoms with Gasteiger partial charge in [-0.3, -0.25) is 9.59 Å². The second-order valence-corrected chi connectivity index (χ2v) is 8.41. The van der Waals surface area contributed by atoms with Crippen LogP contribution in [-0.2, 0) is 11.2 Å². The Hall–Kier alpha value is -3.35. The number of aromatic nitrogens is 1. The number of carboxylic acid groups (broad SMARTS) is 1. The monoisotopic (exact) mass is 458 g/mol. The number of H-pyrrole nitrogens is 1. The van der Waals surface area contributed by atoms with Gasteiger partial charge in [0.1, 0.15) is 6.04 Å². The van der Waals surface area contributed by atoms with Gasteiger partial charge in [0.25, 0.3) is 0 Å². The highest BCUT2D eigenvalue weighted by Gasteiger charge is 2.24. The molecule has 0 bridgehead atoms. The van der Waals surface area contributed by atoms with E-state index in [-0.39, 0.29) is 12.3 Å². The Morgan fingerprint density at radius 2 is 1.58 bits per heavy atom. The van der Waals surface area contributed by atoms with Crippen LogP contribution in [0.2, 0.25) is 0 Å². The second kappa shape index (κ2) is 10.5. The van der Waals surface area contributed by atoms with Gasteiger partial charge in [0.2, 0.25) is 0 Å². The number of aliphatic carboxylic acids is 1. The van der Waals surface area contributed by atoms with Crippen molar-refractivity contribution >= 4 is 35.3 Å². The van der Waals surface area contributed by atoms with Gasteiger partial charge in [-0.25, -0.2) is 0 Å². The van der Waals surface area contributed by atoms with E-state index in [0.717, 1.165) is 27.6 Å². The van der Waals surface area contributed by atoms with Gasteiger partial charge >= 0.3 is 5.97 Å². The lowest BCUT2D eigenvalue weighted by molar-refractivity contribution is -0.139. The summed E-state index contributed by atoms with van der Waals surface area (Å²) in [5, 5.41) is 13.8. The number of thiol groups is 1. The van der Waals surface area contributed by atoms with Crippen molar-refractivity contribution in [3.8, 4) is 11.1 Å². The lowest BCUT2D eigenvalue weighted by atomic mass is 9.96. The number of aromatic amines is 1. The molecule has 0 aliphatic rings. The standard InChI is InChI=1S/C27H26N2O3S/c30-26(20-12-10-19(11-13-20)18-6-2-1-3-7-18)22(17-33)16-29-25(27(31)32)14-21-15-28-24-9-5-4-8-23(21)24/h1-13,15,22,25,28-29,33H,14,16-17H2,(H,31,32)/t22?,25-/m0/s1. The van der Waals surface area contributed by atoms with E-state index in [1.54, 1.807) is 0 Å². The number of carbonyl (C=O) groups excluding carboxylic acids is 1. The molecule has 4 aromatic rings. The number of Topliss-reactive ketones (excluding diaryl/α,β-unsaturated/α-hetero) is 1. The van der Waals surface area contributed by atoms with E-state index < -0.39 is 17.9 Å². The van der Waals surface area contributed by atoms with Crippen LogP contribution < -0.4 is 5.32 Å². The fraction of sp³-hybridized carbons (Fsp3) is 0.185. The molecule has 1 aromatic heterocycles. The lowest BCUT2D eigenvalue weighted by Crippen LogP contribution is -2.42. The Kier molecular flexibility index (Phi) is 7.27. The first kappa shape index (κ1) is 22.8. The number of nitrogens with one attached hydrogen (secondary N) is 2. The molecule has 5 nitrogen and oxygen atoms in total. The molecule has 2 atom stereocenters. The highest BCUT2D eigenvalue weighted by atomic mass is 32.1. The molecular formula is C27H26N2O3S. The van der Waals surface area contributed by atoms with Gasteiger partial charge in [0, 0.05) is 47.3 Å². The van der Waals surface area contributed by atoms with Crippen LogP contribution in [-0.4, -0.2) is 40.2 Å². The zero-order valence-electron chi connectivity index (χ0n) is 18.1. The number of carboxylic acids is 1. The Morgan fingerprint density at radius 1 is 0.909 bits per heavy atom. The Labute approximate surface area is 198 Å². The number of fused-ring (bicyclic) bond motifs is 1.